The van der Waals surface area contributed by atoms with Crippen LogP contribution in [-0.4, -0.2) is 23.1 Å². The Morgan fingerprint density at radius 3 is 2.36 bits per heavy atom. The summed E-state index contributed by atoms with van der Waals surface area (Å²) in [7, 11) is 1.69. The van der Waals surface area contributed by atoms with Gasteiger partial charge >= 0.3 is 5.69 Å². The molecule has 0 aliphatic carbocycles. The van der Waals surface area contributed by atoms with Crippen LogP contribution in [-0.2, 0) is 13.6 Å². The summed E-state index contributed by atoms with van der Waals surface area (Å²) < 4.78 is 6.87. The van der Waals surface area contributed by atoms with Crippen molar-refractivity contribution in [2.45, 2.75) is 66.5 Å². The number of hydrogen-bond acceptors (Lipinski definition) is 3. The normalized spacial score (nSPS) is 12.1. The summed E-state index contributed by atoms with van der Waals surface area (Å²) in [4.78, 5) is 30.4. The zero-order valence-corrected chi connectivity index (χ0v) is 16.0. The number of imidazole rings is 2. The van der Waals surface area contributed by atoms with Crippen molar-refractivity contribution < 1.29 is 0 Å². The van der Waals surface area contributed by atoms with E-state index in [9.17, 15) is 9.59 Å². The summed E-state index contributed by atoms with van der Waals surface area (Å²) in [6.07, 6.45) is 2.87. The summed E-state index contributed by atoms with van der Waals surface area (Å²) >= 11 is 0. The van der Waals surface area contributed by atoms with Crippen LogP contribution in [0.25, 0.3) is 16.9 Å². The third-order valence-corrected chi connectivity index (χ3v) is 5.06. The van der Waals surface area contributed by atoms with Crippen molar-refractivity contribution in [3.63, 3.8) is 0 Å². The highest BCUT2D eigenvalue weighted by Gasteiger charge is 2.23. The van der Waals surface area contributed by atoms with E-state index in [1.165, 1.54) is 9.13 Å². The highest BCUT2D eigenvalue weighted by Crippen LogP contribution is 2.23. The monoisotopic (exact) mass is 345 g/mol. The molecule has 0 saturated carbocycles. The third-order valence-electron chi connectivity index (χ3n) is 5.06. The minimum atomic E-state index is -0.292. The summed E-state index contributed by atoms with van der Waals surface area (Å²) in [6, 6.07) is 0.219. The molecule has 0 spiro atoms. The lowest BCUT2D eigenvalue weighted by atomic mass is 10.2. The molecule has 136 valence electrons. The average Bonchev–Trinajstić information content (AvgIpc) is 3.05. The molecule has 0 N–H and O–H groups in total. The number of nitrogens with zero attached hydrogens (tertiary/aromatic N) is 5. The van der Waals surface area contributed by atoms with Crippen LogP contribution in [0.1, 0.15) is 57.5 Å². The molecule has 0 aliphatic heterocycles. The van der Waals surface area contributed by atoms with Crippen LogP contribution in [0.3, 0.4) is 0 Å². The van der Waals surface area contributed by atoms with E-state index >= 15 is 0 Å². The van der Waals surface area contributed by atoms with E-state index in [0.29, 0.717) is 17.7 Å². The SMILES string of the molecule is CCCCCn1c(=O)c2c(nc3n(C(C)C)c(C)c(C)n23)n(C)c1=O. The minimum absolute atomic E-state index is 0.219. The Balaban J connectivity index is 2.42. The van der Waals surface area contributed by atoms with Gasteiger partial charge in [-0.3, -0.25) is 18.3 Å². The van der Waals surface area contributed by atoms with Crippen molar-refractivity contribution in [1.29, 1.82) is 0 Å². The molecule has 3 rings (SSSR count). The second-order valence-corrected chi connectivity index (χ2v) is 7.06. The summed E-state index contributed by atoms with van der Waals surface area (Å²) in [5.74, 6) is 0.721. The first-order chi connectivity index (χ1) is 11.8. The Hall–Kier alpha value is -2.31. The van der Waals surface area contributed by atoms with E-state index < -0.39 is 0 Å². The zero-order chi connectivity index (χ0) is 18.5. The van der Waals surface area contributed by atoms with Gasteiger partial charge in [-0.2, -0.15) is 4.98 Å². The molecule has 0 bridgehead atoms. The predicted molar refractivity (Wildman–Crippen MR) is 99.6 cm³/mol. The Morgan fingerprint density at radius 1 is 1.08 bits per heavy atom. The van der Waals surface area contributed by atoms with Crippen molar-refractivity contribution >= 4 is 16.9 Å². The van der Waals surface area contributed by atoms with E-state index in [0.717, 1.165) is 36.4 Å². The van der Waals surface area contributed by atoms with Crippen LogP contribution in [0.15, 0.2) is 9.59 Å². The molecule has 3 aromatic rings. The van der Waals surface area contributed by atoms with Crippen LogP contribution in [0.4, 0.5) is 0 Å². The standard InChI is InChI=1S/C18H27N5O2/c1-7-8-9-10-21-16(24)14-15(20(6)18(21)25)19-17-22(11(2)3)12(4)13(5)23(14)17/h11H,7-10H2,1-6H3. The number of hydrogen-bond donors (Lipinski definition) is 0. The van der Waals surface area contributed by atoms with E-state index in [1.807, 2.05) is 18.2 Å². The Bertz CT molecular complexity index is 1060. The maximum atomic E-state index is 13.1. The maximum absolute atomic E-state index is 13.1. The lowest BCUT2D eigenvalue weighted by molar-refractivity contribution is 0.550. The van der Waals surface area contributed by atoms with Crippen LogP contribution in [0.5, 0.6) is 0 Å². The molecule has 7 heteroatoms. The quantitative estimate of drug-likeness (QED) is 0.668. The topological polar surface area (TPSA) is 66.2 Å². The number of unbranched alkanes of at least 4 members (excludes halogenated alkanes) is 2. The molecule has 0 unspecified atom stereocenters. The second kappa shape index (κ2) is 6.20. The molecule has 0 fully saturated rings. The average molecular weight is 345 g/mol. The van der Waals surface area contributed by atoms with Gasteiger partial charge in [-0.25, -0.2) is 4.79 Å². The highest BCUT2D eigenvalue weighted by molar-refractivity contribution is 5.76. The fraction of sp³-hybridized carbons (Fsp3) is 0.611. The smallest absolute Gasteiger partial charge is 0.311 e. The number of rotatable bonds is 5. The largest absolute Gasteiger partial charge is 0.332 e. The number of aryl methyl sites for hydroxylation is 2. The number of fused-ring (bicyclic) bond motifs is 3. The molecule has 0 saturated heterocycles. The van der Waals surface area contributed by atoms with Gasteiger partial charge in [0.25, 0.3) is 5.56 Å². The van der Waals surface area contributed by atoms with Crippen LogP contribution in [0, 0.1) is 13.8 Å². The lowest BCUT2D eigenvalue weighted by Crippen LogP contribution is -2.39. The predicted octanol–water partition coefficient (Wildman–Crippen LogP) is 2.54. The molecule has 0 aromatic carbocycles. The third kappa shape index (κ3) is 2.44. The molecule has 25 heavy (non-hydrogen) atoms. The molecule has 7 nitrogen and oxygen atoms in total. The van der Waals surface area contributed by atoms with E-state index in [-0.39, 0.29) is 17.3 Å². The van der Waals surface area contributed by atoms with Gasteiger partial charge in [0.1, 0.15) is 0 Å². The van der Waals surface area contributed by atoms with Crippen molar-refractivity contribution in [3.05, 3.63) is 32.2 Å². The fourth-order valence-corrected chi connectivity index (χ4v) is 3.61. The first kappa shape index (κ1) is 17.5. The Labute approximate surface area is 146 Å². The van der Waals surface area contributed by atoms with Crippen molar-refractivity contribution in [3.8, 4) is 0 Å². The van der Waals surface area contributed by atoms with Gasteiger partial charge in [0.15, 0.2) is 11.2 Å². The van der Waals surface area contributed by atoms with Gasteiger partial charge in [0.05, 0.1) is 0 Å². The van der Waals surface area contributed by atoms with E-state index in [4.69, 9.17) is 0 Å². The van der Waals surface area contributed by atoms with Crippen LogP contribution >= 0.6 is 0 Å². The molecular formula is C18H27N5O2. The number of aromatic nitrogens is 5. The van der Waals surface area contributed by atoms with E-state index in [1.54, 1.807) is 7.05 Å². The first-order valence-corrected chi connectivity index (χ1v) is 9.00. The molecule has 0 atom stereocenters. The highest BCUT2D eigenvalue weighted by atomic mass is 16.2. The Morgan fingerprint density at radius 2 is 1.76 bits per heavy atom. The lowest BCUT2D eigenvalue weighted by Gasteiger charge is -2.10. The molecule has 0 radical (unpaired) electrons. The molecule has 0 amide bonds. The summed E-state index contributed by atoms with van der Waals surface area (Å²) in [5.41, 5.74) is 2.49. The Kier molecular flexibility index (Phi) is 4.34. The molecule has 0 aliphatic rings. The molecule has 3 aromatic heterocycles. The van der Waals surface area contributed by atoms with Gasteiger partial charge in [0.2, 0.25) is 5.78 Å². The summed E-state index contributed by atoms with van der Waals surface area (Å²) in [5, 5.41) is 0. The van der Waals surface area contributed by atoms with Gasteiger partial charge < -0.3 is 4.57 Å². The van der Waals surface area contributed by atoms with Gasteiger partial charge in [-0.1, -0.05) is 19.8 Å². The molecular weight excluding hydrogens is 318 g/mol. The van der Waals surface area contributed by atoms with Gasteiger partial charge in [-0.15, -0.1) is 0 Å². The van der Waals surface area contributed by atoms with Crippen LogP contribution in [0.2, 0.25) is 0 Å². The van der Waals surface area contributed by atoms with Gasteiger partial charge in [0, 0.05) is 31.0 Å². The zero-order valence-electron chi connectivity index (χ0n) is 16.0. The van der Waals surface area contributed by atoms with Crippen molar-refractivity contribution in [2.24, 2.45) is 7.05 Å². The van der Waals surface area contributed by atoms with Crippen LogP contribution < -0.4 is 11.2 Å². The van der Waals surface area contributed by atoms with E-state index in [2.05, 4.69) is 30.3 Å². The minimum Gasteiger partial charge on any atom is -0.311 e. The van der Waals surface area contributed by atoms with Crippen molar-refractivity contribution in [1.82, 2.24) is 23.1 Å². The fourth-order valence-electron chi connectivity index (χ4n) is 3.61. The second-order valence-electron chi connectivity index (χ2n) is 7.06. The summed E-state index contributed by atoms with van der Waals surface area (Å²) in [6.45, 7) is 10.8. The van der Waals surface area contributed by atoms with Crippen molar-refractivity contribution in [2.75, 3.05) is 0 Å². The maximum Gasteiger partial charge on any atom is 0.332 e. The van der Waals surface area contributed by atoms with Gasteiger partial charge in [-0.05, 0) is 34.1 Å². The molecule has 3 heterocycles. The first-order valence-electron chi connectivity index (χ1n) is 9.00.